The minimum Gasteiger partial charge on any atom is -0.381 e. The number of methoxy groups -OCH3 is 1. The Morgan fingerprint density at radius 3 is 2.82 bits per heavy atom. The summed E-state index contributed by atoms with van der Waals surface area (Å²) in [6.45, 7) is 5.52. The van der Waals surface area contributed by atoms with Crippen molar-refractivity contribution in [3.63, 3.8) is 0 Å². The van der Waals surface area contributed by atoms with Gasteiger partial charge in [-0.25, -0.2) is 4.39 Å². The van der Waals surface area contributed by atoms with Gasteiger partial charge in [0, 0.05) is 51.2 Å². The lowest BCUT2D eigenvalue weighted by molar-refractivity contribution is -0.127. The first-order valence-electron chi connectivity index (χ1n) is 13.2. The summed E-state index contributed by atoms with van der Waals surface area (Å²) in [6, 6.07) is 0.430. The third-order valence-corrected chi connectivity index (χ3v) is 8.43. The second-order valence-corrected chi connectivity index (χ2v) is 10.8. The fraction of sp³-hybridized carbons (Fsp3) is 0.920. The Labute approximate surface area is 198 Å². The highest BCUT2D eigenvalue weighted by Gasteiger charge is 2.40. The minimum absolute atomic E-state index is 0.0261. The van der Waals surface area contributed by atoms with Crippen LogP contribution < -0.4 is 21.3 Å². The quantitative estimate of drug-likeness (QED) is 0.434. The summed E-state index contributed by atoms with van der Waals surface area (Å²) in [6.07, 6.45) is 7.95. The van der Waals surface area contributed by atoms with Crippen LogP contribution in [0.3, 0.4) is 0 Å². The Morgan fingerprint density at radius 1 is 1.18 bits per heavy atom. The van der Waals surface area contributed by atoms with Gasteiger partial charge < -0.3 is 20.7 Å². The number of rotatable bonds is 7. The van der Waals surface area contributed by atoms with Crippen molar-refractivity contribution in [3.05, 3.63) is 0 Å². The number of aliphatic imine (C=N–C) groups is 1. The number of hydrogen-bond donors (Lipinski definition) is 4. The van der Waals surface area contributed by atoms with Crippen molar-refractivity contribution < 1.29 is 13.9 Å². The van der Waals surface area contributed by atoms with Crippen LogP contribution in [0, 0.1) is 23.7 Å². The molecule has 1 aliphatic carbocycles. The number of carbonyl (C=O) groups is 1. The van der Waals surface area contributed by atoms with E-state index in [4.69, 9.17) is 4.74 Å². The number of piperidine rings is 2. The van der Waals surface area contributed by atoms with Crippen molar-refractivity contribution in [3.8, 4) is 0 Å². The van der Waals surface area contributed by atoms with Crippen molar-refractivity contribution in [1.82, 2.24) is 21.3 Å². The zero-order valence-corrected chi connectivity index (χ0v) is 20.5. The van der Waals surface area contributed by atoms with E-state index in [1.54, 1.807) is 7.11 Å². The molecule has 0 bridgehead atoms. The average Bonchev–Trinajstić information content (AvgIpc) is 3.35. The number of ether oxygens (including phenoxy) is 1. The summed E-state index contributed by atoms with van der Waals surface area (Å²) in [5.74, 6) is 2.67. The molecule has 0 aromatic carbocycles. The fourth-order valence-corrected chi connectivity index (χ4v) is 6.59. The van der Waals surface area contributed by atoms with E-state index < -0.39 is 6.30 Å². The summed E-state index contributed by atoms with van der Waals surface area (Å²) >= 11 is 0. The molecule has 8 atom stereocenters. The van der Waals surface area contributed by atoms with Crippen molar-refractivity contribution in [2.24, 2.45) is 28.7 Å². The van der Waals surface area contributed by atoms with Crippen LogP contribution in [0.1, 0.15) is 64.7 Å². The molecule has 8 heteroatoms. The van der Waals surface area contributed by atoms with Crippen molar-refractivity contribution in [2.75, 3.05) is 33.3 Å². The molecule has 4 rings (SSSR count). The first-order valence-corrected chi connectivity index (χ1v) is 13.2. The fourth-order valence-electron chi connectivity index (χ4n) is 6.59. The highest BCUT2D eigenvalue weighted by molar-refractivity contribution is 5.83. The second-order valence-electron chi connectivity index (χ2n) is 10.8. The summed E-state index contributed by atoms with van der Waals surface area (Å²) in [7, 11) is 1.77. The number of carbonyl (C=O) groups excluding carboxylic acids is 1. The van der Waals surface area contributed by atoms with Crippen LogP contribution in [-0.2, 0) is 9.53 Å². The monoisotopic (exact) mass is 465 g/mol. The van der Waals surface area contributed by atoms with Crippen molar-refractivity contribution >= 4 is 11.7 Å². The molecule has 8 unspecified atom stereocenters. The molecule has 0 aromatic heterocycles. The van der Waals surface area contributed by atoms with E-state index in [1.165, 1.54) is 0 Å². The van der Waals surface area contributed by atoms with E-state index in [0.717, 1.165) is 76.8 Å². The van der Waals surface area contributed by atoms with Crippen molar-refractivity contribution in [2.45, 2.75) is 89.2 Å². The SMILES string of the molecule is COC1CCNC(CNC(=O)C2CC(CNC3=NCCC3)CC(C3CCC(F)NC3C)C2)C1. The molecular weight excluding hydrogens is 421 g/mol. The van der Waals surface area contributed by atoms with Crippen LogP contribution in [-0.4, -0.2) is 69.5 Å². The van der Waals surface area contributed by atoms with E-state index in [9.17, 15) is 9.18 Å². The van der Waals surface area contributed by atoms with Gasteiger partial charge in [0.2, 0.25) is 5.91 Å². The highest BCUT2D eigenvalue weighted by atomic mass is 19.1. The molecule has 2 saturated heterocycles. The first kappa shape index (κ1) is 24.9. The van der Waals surface area contributed by atoms with Crippen LogP contribution in [0.2, 0.25) is 0 Å². The average molecular weight is 466 g/mol. The largest absolute Gasteiger partial charge is 0.381 e. The third kappa shape index (κ3) is 6.89. The normalized spacial score (nSPS) is 39.7. The number of nitrogens with zero attached hydrogens (tertiary/aromatic N) is 1. The lowest BCUT2D eigenvalue weighted by atomic mass is 9.66. The molecule has 4 aliphatic rings. The van der Waals surface area contributed by atoms with Crippen LogP contribution in [0.15, 0.2) is 4.99 Å². The molecule has 3 aliphatic heterocycles. The molecule has 1 amide bonds. The summed E-state index contributed by atoms with van der Waals surface area (Å²) < 4.78 is 19.4. The molecule has 0 aromatic rings. The van der Waals surface area contributed by atoms with Crippen LogP contribution in [0.25, 0.3) is 0 Å². The molecule has 33 heavy (non-hydrogen) atoms. The standard InChI is InChI=1S/C25H44FN5O2/c1-16-22(5-6-23(26)31-16)18-10-17(14-29-24-4-3-8-28-24)11-19(12-18)25(32)30-15-20-13-21(33-2)7-9-27-20/h16-23,27,31H,3-15H2,1-2H3,(H,28,29)(H,30,32). The number of nitrogens with one attached hydrogen (secondary N) is 4. The lowest BCUT2D eigenvalue weighted by Gasteiger charge is -2.43. The Hall–Kier alpha value is -1.25. The van der Waals surface area contributed by atoms with Gasteiger partial charge in [0.15, 0.2) is 6.30 Å². The topological polar surface area (TPSA) is 86.8 Å². The van der Waals surface area contributed by atoms with Gasteiger partial charge >= 0.3 is 0 Å². The van der Waals surface area contributed by atoms with Crippen LogP contribution >= 0.6 is 0 Å². The second kappa shape index (κ2) is 11.9. The summed E-state index contributed by atoms with van der Waals surface area (Å²) in [4.78, 5) is 17.8. The number of amidine groups is 1. The predicted molar refractivity (Wildman–Crippen MR) is 129 cm³/mol. The van der Waals surface area contributed by atoms with Crippen molar-refractivity contribution in [1.29, 1.82) is 0 Å². The Kier molecular flexibility index (Phi) is 8.99. The number of alkyl halides is 1. The Morgan fingerprint density at radius 2 is 2.06 bits per heavy atom. The molecule has 4 N–H and O–H groups in total. The maximum atomic E-state index is 13.9. The van der Waals surface area contributed by atoms with Crippen LogP contribution in [0.4, 0.5) is 4.39 Å². The lowest BCUT2D eigenvalue weighted by Crippen LogP contribution is -2.51. The van der Waals surface area contributed by atoms with E-state index in [0.29, 0.717) is 30.7 Å². The maximum Gasteiger partial charge on any atom is 0.223 e. The summed E-state index contributed by atoms with van der Waals surface area (Å²) in [5.41, 5.74) is 0. The van der Waals surface area contributed by atoms with Gasteiger partial charge in [-0.2, -0.15) is 0 Å². The first-order chi connectivity index (χ1) is 16.0. The van der Waals surface area contributed by atoms with Gasteiger partial charge in [-0.15, -0.1) is 0 Å². The Bertz CT molecular complexity index is 677. The van der Waals surface area contributed by atoms with Gasteiger partial charge in [0.1, 0.15) is 0 Å². The predicted octanol–water partition coefficient (Wildman–Crippen LogP) is 2.37. The van der Waals surface area contributed by atoms with Gasteiger partial charge in [0.05, 0.1) is 11.9 Å². The number of amides is 1. The number of halogens is 1. The van der Waals surface area contributed by atoms with E-state index in [1.807, 2.05) is 0 Å². The van der Waals surface area contributed by atoms with E-state index in [-0.39, 0.29) is 30.0 Å². The van der Waals surface area contributed by atoms with Gasteiger partial charge in [-0.1, -0.05) is 0 Å². The van der Waals surface area contributed by atoms with Crippen LogP contribution in [0.5, 0.6) is 0 Å². The zero-order valence-electron chi connectivity index (χ0n) is 20.5. The molecule has 3 fully saturated rings. The smallest absolute Gasteiger partial charge is 0.223 e. The molecule has 1 saturated carbocycles. The molecule has 7 nitrogen and oxygen atoms in total. The molecule has 3 heterocycles. The Balaban J connectivity index is 1.35. The molecule has 188 valence electrons. The third-order valence-electron chi connectivity index (χ3n) is 8.43. The maximum absolute atomic E-state index is 13.9. The zero-order chi connectivity index (χ0) is 23.2. The summed E-state index contributed by atoms with van der Waals surface area (Å²) in [5, 5.41) is 13.4. The van der Waals surface area contributed by atoms with Gasteiger partial charge in [-0.05, 0) is 82.6 Å². The minimum atomic E-state index is -0.893. The van der Waals surface area contributed by atoms with E-state index >= 15 is 0 Å². The number of hydrogen-bond acceptors (Lipinski definition) is 6. The van der Waals surface area contributed by atoms with Gasteiger partial charge in [-0.3, -0.25) is 15.1 Å². The molecule has 0 radical (unpaired) electrons. The van der Waals surface area contributed by atoms with E-state index in [2.05, 4.69) is 33.2 Å². The van der Waals surface area contributed by atoms with Gasteiger partial charge in [0.25, 0.3) is 0 Å². The molecular formula is C25H44FN5O2. The highest BCUT2D eigenvalue weighted by Crippen LogP contribution is 2.41. The molecule has 0 spiro atoms.